The van der Waals surface area contributed by atoms with Crippen molar-refractivity contribution in [1.82, 2.24) is 15.2 Å². The van der Waals surface area contributed by atoms with Crippen LogP contribution < -0.4 is 10.1 Å². The topological polar surface area (TPSA) is 66.6 Å². The lowest BCUT2D eigenvalue weighted by atomic mass is 10.0. The molecule has 0 radical (unpaired) electrons. The molecule has 30 heavy (non-hydrogen) atoms. The number of para-hydroxylation sites is 1. The maximum Gasteiger partial charge on any atom is 0.220 e. The highest BCUT2D eigenvalue weighted by Gasteiger charge is 2.23. The summed E-state index contributed by atoms with van der Waals surface area (Å²) in [6, 6.07) is 16.4. The Morgan fingerprint density at radius 1 is 1.17 bits per heavy atom. The average Bonchev–Trinajstić information content (AvgIpc) is 3.22. The third kappa shape index (κ3) is 4.83. The van der Waals surface area contributed by atoms with E-state index in [-0.39, 0.29) is 11.9 Å². The largest absolute Gasteiger partial charge is 0.497 e. The number of morpholine rings is 1. The molecule has 0 aliphatic carbocycles. The first-order valence-corrected chi connectivity index (χ1v) is 10.5. The fraction of sp³-hybridized carbons (Fsp3) is 0.375. The van der Waals surface area contributed by atoms with Gasteiger partial charge in [-0.25, -0.2) is 0 Å². The molecule has 1 saturated heterocycles. The number of carbonyl (C=O) groups excluding carboxylic acids is 1. The van der Waals surface area contributed by atoms with Crippen molar-refractivity contribution < 1.29 is 14.3 Å². The molecular formula is C24H29N3O3. The minimum atomic E-state index is 0.0760. The first kappa shape index (κ1) is 20.4. The molecule has 1 unspecified atom stereocenters. The van der Waals surface area contributed by atoms with Crippen LogP contribution in [-0.4, -0.2) is 55.7 Å². The summed E-state index contributed by atoms with van der Waals surface area (Å²) < 4.78 is 10.8. The van der Waals surface area contributed by atoms with Crippen molar-refractivity contribution in [3.8, 4) is 5.75 Å². The Kier molecular flexibility index (Phi) is 6.67. The van der Waals surface area contributed by atoms with Gasteiger partial charge in [-0.05, 0) is 35.7 Å². The summed E-state index contributed by atoms with van der Waals surface area (Å²) >= 11 is 0. The van der Waals surface area contributed by atoms with Crippen molar-refractivity contribution in [2.24, 2.45) is 0 Å². The Morgan fingerprint density at radius 2 is 1.93 bits per heavy atom. The molecule has 1 aromatic heterocycles. The van der Waals surface area contributed by atoms with Crippen LogP contribution in [0.15, 0.2) is 54.7 Å². The summed E-state index contributed by atoms with van der Waals surface area (Å²) in [5, 5.41) is 4.34. The number of H-pyrrole nitrogens is 1. The van der Waals surface area contributed by atoms with Gasteiger partial charge < -0.3 is 19.8 Å². The second-order valence-corrected chi connectivity index (χ2v) is 7.60. The van der Waals surface area contributed by atoms with E-state index in [0.29, 0.717) is 13.0 Å². The van der Waals surface area contributed by atoms with Crippen molar-refractivity contribution in [3.05, 3.63) is 65.9 Å². The van der Waals surface area contributed by atoms with Gasteiger partial charge in [0.1, 0.15) is 5.75 Å². The molecular weight excluding hydrogens is 378 g/mol. The lowest BCUT2D eigenvalue weighted by Crippen LogP contribution is -2.43. The van der Waals surface area contributed by atoms with E-state index in [0.717, 1.165) is 44.0 Å². The van der Waals surface area contributed by atoms with Gasteiger partial charge in [-0.3, -0.25) is 9.69 Å². The number of fused-ring (bicyclic) bond motifs is 1. The quantitative estimate of drug-likeness (QED) is 0.601. The van der Waals surface area contributed by atoms with Gasteiger partial charge in [0.15, 0.2) is 0 Å². The van der Waals surface area contributed by atoms with E-state index >= 15 is 0 Å². The van der Waals surface area contributed by atoms with Gasteiger partial charge in [0.25, 0.3) is 0 Å². The highest BCUT2D eigenvalue weighted by molar-refractivity contribution is 5.84. The zero-order chi connectivity index (χ0) is 20.8. The minimum Gasteiger partial charge on any atom is -0.497 e. The molecule has 0 spiro atoms. The number of nitrogens with one attached hydrogen (secondary N) is 2. The first-order chi connectivity index (χ1) is 14.7. The van der Waals surface area contributed by atoms with Crippen LogP contribution in [0.1, 0.15) is 23.6 Å². The van der Waals surface area contributed by atoms with Crippen molar-refractivity contribution in [2.45, 2.75) is 18.9 Å². The zero-order valence-corrected chi connectivity index (χ0v) is 17.4. The lowest BCUT2D eigenvalue weighted by Gasteiger charge is -2.35. The molecule has 0 saturated carbocycles. The molecule has 2 aromatic carbocycles. The Labute approximate surface area is 177 Å². The van der Waals surface area contributed by atoms with E-state index in [1.807, 2.05) is 30.5 Å². The normalized spacial score (nSPS) is 15.8. The van der Waals surface area contributed by atoms with Crippen LogP contribution in [0.3, 0.4) is 0 Å². The summed E-state index contributed by atoms with van der Waals surface area (Å²) in [6.07, 6.45) is 3.20. The fourth-order valence-electron chi connectivity index (χ4n) is 4.06. The number of aromatic nitrogens is 1. The number of aromatic amines is 1. The number of rotatable bonds is 8. The number of nitrogens with zero attached hydrogens (tertiary/aromatic N) is 1. The van der Waals surface area contributed by atoms with Gasteiger partial charge in [0.2, 0.25) is 5.91 Å². The van der Waals surface area contributed by atoms with Crippen LogP contribution in [-0.2, 0) is 16.0 Å². The smallest absolute Gasteiger partial charge is 0.220 e. The van der Waals surface area contributed by atoms with Crippen molar-refractivity contribution >= 4 is 16.8 Å². The number of hydrogen-bond donors (Lipinski definition) is 2. The van der Waals surface area contributed by atoms with E-state index in [9.17, 15) is 4.79 Å². The van der Waals surface area contributed by atoms with Gasteiger partial charge in [0, 0.05) is 43.2 Å². The van der Waals surface area contributed by atoms with E-state index in [1.54, 1.807) is 7.11 Å². The number of carbonyl (C=O) groups is 1. The molecule has 1 atom stereocenters. The van der Waals surface area contributed by atoms with E-state index < -0.39 is 0 Å². The van der Waals surface area contributed by atoms with E-state index in [4.69, 9.17) is 9.47 Å². The molecule has 1 aliphatic heterocycles. The highest BCUT2D eigenvalue weighted by Crippen LogP contribution is 2.24. The summed E-state index contributed by atoms with van der Waals surface area (Å²) in [5.74, 6) is 0.911. The Morgan fingerprint density at radius 3 is 2.70 bits per heavy atom. The molecule has 158 valence electrons. The maximum atomic E-state index is 12.6. The van der Waals surface area contributed by atoms with Crippen molar-refractivity contribution in [2.75, 3.05) is 40.0 Å². The van der Waals surface area contributed by atoms with Gasteiger partial charge in [-0.2, -0.15) is 0 Å². The van der Waals surface area contributed by atoms with Crippen LogP contribution in [0.4, 0.5) is 0 Å². The van der Waals surface area contributed by atoms with Crippen molar-refractivity contribution in [3.63, 3.8) is 0 Å². The van der Waals surface area contributed by atoms with Crippen LogP contribution in [0, 0.1) is 0 Å². The first-order valence-electron chi connectivity index (χ1n) is 10.5. The van der Waals surface area contributed by atoms with E-state index in [1.165, 1.54) is 16.5 Å². The second kappa shape index (κ2) is 9.78. The lowest BCUT2D eigenvalue weighted by molar-refractivity contribution is -0.121. The maximum absolute atomic E-state index is 12.6. The van der Waals surface area contributed by atoms with E-state index in [2.05, 4.69) is 39.5 Å². The molecule has 3 aromatic rings. The van der Waals surface area contributed by atoms with Crippen LogP contribution in [0.25, 0.3) is 10.9 Å². The summed E-state index contributed by atoms with van der Waals surface area (Å²) in [5.41, 5.74) is 3.47. The number of aryl methyl sites for hydroxylation is 1. The Bertz CT molecular complexity index is 961. The molecule has 2 N–H and O–H groups in total. The minimum absolute atomic E-state index is 0.0760. The van der Waals surface area contributed by atoms with Gasteiger partial charge in [-0.1, -0.05) is 30.3 Å². The third-order valence-electron chi connectivity index (χ3n) is 5.78. The fourth-order valence-corrected chi connectivity index (χ4v) is 4.06. The van der Waals surface area contributed by atoms with Gasteiger partial charge >= 0.3 is 0 Å². The molecule has 6 nitrogen and oxygen atoms in total. The van der Waals surface area contributed by atoms with Gasteiger partial charge in [0.05, 0.1) is 26.4 Å². The number of hydrogen-bond acceptors (Lipinski definition) is 4. The number of benzene rings is 2. The number of ether oxygens (including phenoxy) is 2. The summed E-state index contributed by atoms with van der Waals surface area (Å²) in [4.78, 5) is 18.3. The molecule has 4 rings (SSSR count). The molecule has 1 amide bonds. The monoisotopic (exact) mass is 407 g/mol. The van der Waals surface area contributed by atoms with Gasteiger partial charge in [-0.15, -0.1) is 0 Å². The second-order valence-electron chi connectivity index (χ2n) is 7.60. The molecule has 1 aliphatic rings. The molecule has 2 heterocycles. The highest BCUT2D eigenvalue weighted by atomic mass is 16.5. The average molecular weight is 408 g/mol. The van der Waals surface area contributed by atoms with Crippen LogP contribution in [0.2, 0.25) is 0 Å². The number of methoxy groups -OCH3 is 1. The Balaban J connectivity index is 1.37. The summed E-state index contributed by atoms with van der Waals surface area (Å²) in [7, 11) is 1.67. The zero-order valence-electron chi connectivity index (χ0n) is 17.4. The Hall–Kier alpha value is -2.83. The standard InChI is InChI=1S/C24H29N3O3/c1-29-20-9-6-18(7-10-20)23(27-12-14-30-15-13-27)17-26-24(28)11-8-19-16-25-22-5-3-2-4-21(19)22/h2-7,9-10,16,23,25H,8,11-15,17H2,1H3,(H,26,28). The predicted octanol–water partition coefficient (Wildman–Crippen LogP) is 3.30. The van der Waals surface area contributed by atoms with Crippen LogP contribution in [0.5, 0.6) is 5.75 Å². The number of amides is 1. The predicted molar refractivity (Wildman–Crippen MR) is 118 cm³/mol. The third-order valence-corrected chi connectivity index (χ3v) is 5.78. The van der Waals surface area contributed by atoms with Crippen LogP contribution >= 0.6 is 0 Å². The summed E-state index contributed by atoms with van der Waals surface area (Å²) in [6.45, 7) is 3.76. The molecule has 0 bridgehead atoms. The molecule has 1 fully saturated rings. The molecule has 6 heteroatoms. The van der Waals surface area contributed by atoms with Crippen molar-refractivity contribution in [1.29, 1.82) is 0 Å². The SMILES string of the molecule is COc1ccc(C(CNC(=O)CCc2c[nH]c3ccccc23)N2CCOCC2)cc1.